The highest BCUT2D eigenvalue weighted by atomic mass is 35.5. The van der Waals surface area contributed by atoms with Gasteiger partial charge in [-0.1, -0.05) is 23.7 Å². The van der Waals surface area contributed by atoms with Crippen LogP contribution in [0.1, 0.15) is 31.2 Å². The number of sulfonamides is 1. The van der Waals surface area contributed by atoms with Crippen LogP contribution in [0.15, 0.2) is 47.4 Å². The van der Waals surface area contributed by atoms with Gasteiger partial charge in [-0.25, -0.2) is 8.42 Å². The van der Waals surface area contributed by atoms with Crippen LogP contribution in [0.2, 0.25) is 5.02 Å². The van der Waals surface area contributed by atoms with Crippen molar-refractivity contribution in [3.63, 3.8) is 0 Å². The number of nitrogens with zero attached hydrogens (tertiary/aromatic N) is 2. The number of hydrogen-bond acceptors (Lipinski definition) is 5. The van der Waals surface area contributed by atoms with Crippen molar-refractivity contribution in [2.45, 2.75) is 37.0 Å². The van der Waals surface area contributed by atoms with Crippen molar-refractivity contribution in [1.82, 2.24) is 9.21 Å². The molecular weight excluding hydrogens is 490 g/mol. The Kier molecular flexibility index (Phi) is 7.98. The van der Waals surface area contributed by atoms with Gasteiger partial charge >= 0.3 is 0 Å². The fraction of sp³-hybridized carbons (Fsp3) is 0.440. The third-order valence-corrected chi connectivity index (χ3v) is 8.66. The maximum atomic E-state index is 13.3. The fourth-order valence-electron chi connectivity index (χ4n) is 4.57. The Morgan fingerprint density at radius 3 is 2.46 bits per heavy atom. The monoisotopic (exact) mass is 519 g/mol. The quantitative estimate of drug-likeness (QED) is 0.603. The van der Waals surface area contributed by atoms with E-state index in [1.165, 1.54) is 23.5 Å². The molecule has 2 aliphatic rings. The minimum atomic E-state index is -3.88. The fourth-order valence-corrected chi connectivity index (χ4v) is 6.51. The SMILES string of the molecule is COc1ccc(Cl)cc1S(=O)(=O)N1CCCC(C(=O)Nc2ccc(CC(=O)N3CCCC3)cc2)C1. The number of likely N-dealkylation sites (tertiary alicyclic amines) is 1. The highest BCUT2D eigenvalue weighted by molar-refractivity contribution is 7.89. The number of methoxy groups -OCH3 is 1. The van der Waals surface area contributed by atoms with Crippen molar-refractivity contribution in [2.75, 3.05) is 38.6 Å². The molecule has 2 heterocycles. The molecule has 2 aromatic carbocycles. The predicted molar refractivity (Wildman–Crippen MR) is 134 cm³/mol. The summed E-state index contributed by atoms with van der Waals surface area (Å²) < 4.78 is 33.1. The number of hydrogen-bond donors (Lipinski definition) is 1. The molecule has 1 N–H and O–H groups in total. The Hall–Kier alpha value is -2.62. The van der Waals surface area contributed by atoms with Gasteiger partial charge in [-0.05, 0) is 61.6 Å². The number of carbonyl (C=O) groups is 2. The van der Waals surface area contributed by atoms with E-state index in [9.17, 15) is 18.0 Å². The molecule has 10 heteroatoms. The van der Waals surface area contributed by atoms with Crippen LogP contribution in [-0.2, 0) is 26.0 Å². The van der Waals surface area contributed by atoms with Crippen molar-refractivity contribution >= 4 is 39.1 Å². The molecule has 8 nitrogen and oxygen atoms in total. The lowest BCUT2D eigenvalue weighted by molar-refractivity contribution is -0.129. The number of ether oxygens (including phenoxy) is 1. The smallest absolute Gasteiger partial charge is 0.246 e. The van der Waals surface area contributed by atoms with Gasteiger partial charge in [-0.2, -0.15) is 4.31 Å². The number of benzene rings is 2. The van der Waals surface area contributed by atoms with E-state index in [4.69, 9.17) is 16.3 Å². The summed E-state index contributed by atoms with van der Waals surface area (Å²) in [5, 5.41) is 3.18. The number of amides is 2. The Labute approximate surface area is 211 Å². The number of halogens is 1. The summed E-state index contributed by atoms with van der Waals surface area (Å²) in [5.74, 6) is -0.382. The normalized spacial score (nSPS) is 18.9. The lowest BCUT2D eigenvalue weighted by atomic mass is 9.98. The second-order valence-corrected chi connectivity index (χ2v) is 11.3. The van der Waals surface area contributed by atoms with Crippen molar-refractivity contribution in [2.24, 2.45) is 5.92 Å². The molecule has 35 heavy (non-hydrogen) atoms. The summed E-state index contributed by atoms with van der Waals surface area (Å²) in [5.41, 5.74) is 1.51. The zero-order valence-electron chi connectivity index (χ0n) is 19.7. The van der Waals surface area contributed by atoms with E-state index in [2.05, 4.69) is 5.32 Å². The standard InChI is InChI=1S/C25H30ClN3O5S/c1-34-22-11-8-20(26)16-23(22)35(32,33)29-14-4-5-19(17-29)25(31)27-21-9-6-18(7-10-21)15-24(30)28-12-2-3-13-28/h6-11,16,19H,2-5,12-15,17H2,1H3,(H,27,31). The molecule has 2 fully saturated rings. The van der Waals surface area contributed by atoms with Crippen molar-refractivity contribution in [3.05, 3.63) is 53.1 Å². The molecule has 0 spiro atoms. The molecule has 1 atom stereocenters. The molecule has 0 aromatic heterocycles. The van der Waals surface area contributed by atoms with Crippen LogP contribution in [-0.4, -0.2) is 62.7 Å². The predicted octanol–water partition coefficient (Wildman–Crippen LogP) is 3.55. The number of piperidine rings is 1. The van der Waals surface area contributed by atoms with E-state index < -0.39 is 15.9 Å². The second-order valence-electron chi connectivity index (χ2n) is 8.95. The van der Waals surface area contributed by atoms with Gasteiger partial charge in [0, 0.05) is 36.9 Å². The van der Waals surface area contributed by atoms with Crippen LogP contribution in [0.5, 0.6) is 5.75 Å². The zero-order chi connectivity index (χ0) is 25.0. The lowest BCUT2D eigenvalue weighted by Crippen LogP contribution is -2.43. The minimum Gasteiger partial charge on any atom is -0.495 e. The third-order valence-electron chi connectivity index (χ3n) is 6.53. The van der Waals surface area contributed by atoms with Gasteiger partial charge in [0.25, 0.3) is 0 Å². The summed E-state index contributed by atoms with van der Waals surface area (Å²) in [6, 6.07) is 11.7. The molecule has 0 bridgehead atoms. The number of anilines is 1. The average molecular weight is 520 g/mol. The van der Waals surface area contributed by atoms with Crippen molar-refractivity contribution in [1.29, 1.82) is 0 Å². The maximum absolute atomic E-state index is 13.3. The van der Waals surface area contributed by atoms with Crippen molar-refractivity contribution in [3.8, 4) is 5.75 Å². The molecule has 4 rings (SSSR count). The number of rotatable bonds is 7. The molecule has 188 valence electrons. The van der Waals surface area contributed by atoms with E-state index in [1.807, 2.05) is 17.0 Å². The zero-order valence-corrected chi connectivity index (χ0v) is 21.3. The Morgan fingerprint density at radius 2 is 1.77 bits per heavy atom. The summed E-state index contributed by atoms with van der Waals surface area (Å²) in [7, 11) is -2.48. The number of carbonyl (C=O) groups excluding carboxylic acids is 2. The molecule has 0 saturated carbocycles. The molecule has 0 aliphatic carbocycles. The van der Waals surface area contributed by atoms with Crippen LogP contribution in [0.4, 0.5) is 5.69 Å². The number of nitrogens with one attached hydrogen (secondary N) is 1. The highest BCUT2D eigenvalue weighted by Crippen LogP contribution is 2.32. The average Bonchev–Trinajstić information content (AvgIpc) is 3.40. The van der Waals surface area contributed by atoms with Gasteiger partial charge < -0.3 is 15.0 Å². The van der Waals surface area contributed by atoms with Gasteiger partial charge in [0.15, 0.2) is 0 Å². The summed E-state index contributed by atoms with van der Waals surface area (Å²) in [6.45, 7) is 2.05. The van der Waals surface area contributed by atoms with Crippen LogP contribution in [0.25, 0.3) is 0 Å². The van der Waals surface area contributed by atoms with E-state index >= 15 is 0 Å². The molecule has 2 aromatic rings. The maximum Gasteiger partial charge on any atom is 0.246 e. The first-order valence-electron chi connectivity index (χ1n) is 11.8. The van der Waals surface area contributed by atoms with Gasteiger partial charge in [-0.15, -0.1) is 0 Å². The summed E-state index contributed by atoms with van der Waals surface area (Å²) >= 11 is 6.04. The van der Waals surface area contributed by atoms with Crippen molar-refractivity contribution < 1.29 is 22.7 Å². The van der Waals surface area contributed by atoms with E-state index in [1.54, 1.807) is 18.2 Å². The minimum absolute atomic E-state index is 0.00683. The van der Waals surface area contributed by atoms with Crippen LogP contribution in [0, 0.1) is 5.92 Å². The Balaban J connectivity index is 1.38. The molecular formula is C25H30ClN3O5S. The molecule has 2 amide bonds. The topological polar surface area (TPSA) is 96.0 Å². The largest absolute Gasteiger partial charge is 0.495 e. The first-order chi connectivity index (χ1) is 16.8. The Morgan fingerprint density at radius 1 is 1.06 bits per heavy atom. The first kappa shape index (κ1) is 25.5. The van der Waals surface area contributed by atoms with Gasteiger partial charge in [0.2, 0.25) is 21.8 Å². The Bertz CT molecular complexity index is 1180. The second kappa shape index (κ2) is 11.0. The first-order valence-corrected chi connectivity index (χ1v) is 13.6. The third kappa shape index (κ3) is 5.97. The molecule has 2 aliphatic heterocycles. The van der Waals surface area contributed by atoms with Gasteiger partial charge in [0.05, 0.1) is 19.4 Å². The van der Waals surface area contributed by atoms with E-state index in [0.717, 1.165) is 31.5 Å². The highest BCUT2D eigenvalue weighted by Gasteiger charge is 2.35. The molecule has 1 unspecified atom stereocenters. The lowest BCUT2D eigenvalue weighted by Gasteiger charge is -2.31. The van der Waals surface area contributed by atoms with Crippen LogP contribution in [0.3, 0.4) is 0 Å². The van der Waals surface area contributed by atoms with Crippen LogP contribution >= 0.6 is 11.6 Å². The molecule has 2 saturated heterocycles. The van der Waals surface area contributed by atoms with Gasteiger partial charge in [0.1, 0.15) is 10.6 Å². The van der Waals surface area contributed by atoms with Gasteiger partial charge in [-0.3, -0.25) is 9.59 Å². The summed E-state index contributed by atoms with van der Waals surface area (Å²) in [4.78, 5) is 27.2. The van der Waals surface area contributed by atoms with E-state index in [-0.39, 0.29) is 29.0 Å². The summed E-state index contributed by atoms with van der Waals surface area (Å²) in [6.07, 6.45) is 3.62. The van der Waals surface area contributed by atoms with E-state index in [0.29, 0.717) is 36.5 Å². The molecule has 0 radical (unpaired) electrons. The van der Waals surface area contributed by atoms with Crippen LogP contribution < -0.4 is 10.1 Å².